The molecule has 2 heterocycles. The lowest BCUT2D eigenvalue weighted by Gasteiger charge is -2.28. The van der Waals surface area contributed by atoms with Crippen molar-refractivity contribution in [3.63, 3.8) is 0 Å². The Balaban J connectivity index is 2.08. The summed E-state index contributed by atoms with van der Waals surface area (Å²) in [5, 5.41) is 6.29. The summed E-state index contributed by atoms with van der Waals surface area (Å²) in [4.78, 5) is 16.8. The Labute approximate surface area is 134 Å². The minimum Gasteiger partial charge on any atom is -0.378 e. The molecule has 0 bridgehead atoms. The second-order valence-corrected chi connectivity index (χ2v) is 6.27. The van der Waals surface area contributed by atoms with Gasteiger partial charge in [-0.15, -0.1) is 0 Å². The number of hydrogen-bond acceptors (Lipinski definition) is 4. The van der Waals surface area contributed by atoms with Crippen LogP contribution in [0.1, 0.15) is 43.5 Å². The second kappa shape index (κ2) is 7.75. The first-order valence-corrected chi connectivity index (χ1v) is 8.21. The number of anilines is 1. The van der Waals surface area contributed by atoms with Crippen LogP contribution in [-0.2, 0) is 4.74 Å². The van der Waals surface area contributed by atoms with Crippen molar-refractivity contribution in [1.29, 1.82) is 0 Å². The third-order valence-electron chi connectivity index (χ3n) is 3.46. The quantitative estimate of drug-likeness (QED) is 0.852. The maximum Gasteiger partial charge on any atom is 0.255 e. The van der Waals surface area contributed by atoms with Crippen LogP contribution in [0.15, 0.2) is 16.7 Å². The molecule has 2 unspecified atom stereocenters. The van der Waals surface area contributed by atoms with Gasteiger partial charge in [-0.25, -0.2) is 4.98 Å². The van der Waals surface area contributed by atoms with Crippen LogP contribution in [0.4, 0.5) is 5.82 Å². The van der Waals surface area contributed by atoms with Gasteiger partial charge >= 0.3 is 0 Å². The van der Waals surface area contributed by atoms with E-state index in [-0.39, 0.29) is 18.1 Å². The predicted octanol–water partition coefficient (Wildman–Crippen LogP) is 2.96. The highest BCUT2D eigenvalue weighted by Crippen LogP contribution is 2.20. The summed E-state index contributed by atoms with van der Waals surface area (Å²) in [6.07, 6.45) is 4.59. The number of carbonyl (C=O) groups is 1. The van der Waals surface area contributed by atoms with Gasteiger partial charge in [-0.1, -0.05) is 6.92 Å². The van der Waals surface area contributed by atoms with Gasteiger partial charge in [0, 0.05) is 29.9 Å². The predicted molar refractivity (Wildman–Crippen MR) is 86.6 cm³/mol. The minimum atomic E-state index is -0.0819. The maximum absolute atomic E-state index is 12.5. The monoisotopic (exact) mass is 355 g/mol. The molecule has 6 heteroatoms. The summed E-state index contributed by atoms with van der Waals surface area (Å²) in [5.41, 5.74) is 0.581. The largest absolute Gasteiger partial charge is 0.378 e. The van der Waals surface area contributed by atoms with Crippen molar-refractivity contribution in [3.05, 3.63) is 22.3 Å². The molecule has 1 aromatic heterocycles. The van der Waals surface area contributed by atoms with Crippen molar-refractivity contribution < 1.29 is 9.53 Å². The van der Waals surface area contributed by atoms with E-state index in [1.54, 1.807) is 6.20 Å². The molecule has 1 aliphatic rings. The summed E-state index contributed by atoms with van der Waals surface area (Å²) in [6.45, 7) is 5.61. The zero-order valence-electron chi connectivity index (χ0n) is 12.5. The van der Waals surface area contributed by atoms with Gasteiger partial charge in [-0.2, -0.15) is 0 Å². The Morgan fingerprint density at radius 1 is 1.57 bits per heavy atom. The number of carbonyl (C=O) groups excluding carboxylic acids is 1. The fourth-order valence-corrected chi connectivity index (χ4v) is 2.72. The van der Waals surface area contributed by atoms with Gasteiger partial charge in [0.05, 0.1) is 11.7 Å². The minimum absolute atomic E-state index is 0.0819. The highest BCUT2D eigenvalue weighted by molar-refractivity contribution is 9.10. The molecule has 1 aliphatic heterocycles. The molecule has 5 nitrogen and oxygen atoms in total. The lowest BCUT2D eigenvalue weighted by atomic mass is 10.0. The molecule has 1 amide bonds. The fourth-order valence-electron chi connectivity index (χ4n) is 2.39. The van der Waals surface area contributed by atoms with Gasteiger partial charge in [0.2, 0.25) is 0 Å². The van der Waals surface area contributed by atoms with E-state index < -0.39 is 0 Å². The normalized spacial score (nSPS) is 21.9. The molecule has 0 aromatic carbocycles. The van der Waals surface area contributed by atoms with Gasteiger partial charge < -0.3 is 15.4 Å². The molecule has 0 spiro atoms. The Morgan fingerprint density at radius 2 is 2.38 bits per heavy atom. The number of nitrogens with zero attached hydrogens (tertiary/aromatic N) is 1. The zero-order valence-corrected chi connectivity index (χ0v) is 14.1. The molecule has 0 radical (unpaired) electrons. The number of ether oxygens (including phenoxy) is 1. The van der Waals surface area contributed by atoms with Crippen molar-refractivity contribution in [3.8, 4) is 0 Å². The second-order valence-electron chi connectivity index (χ2n) is 5.35. The van der Waals surface area contributed by atoms with E-state index in [1.807, 2.05) is 13.0 Å². The third kappa shape index (κ3) is 4.68. The van der Waals surface area contributed by atoms with Crippen LogP contribution in [0.2, 0.25) is 0 Å². The number of aromatic nitrogens is 1. The lowest BCUT2D eigenvalue weighted by Crippen LogP contribution is -2.41. The molecule has 0 saturated carbocycles. The van der Waals surface area contributed by atoms with Gasteiger partial charge in [0.1, 0.15) is 5.82 Å². The molecule has 116 valence electrons. The third-order valence-corrected chi connectivity index (χ3v) is 3.90. The Kier molecular flexibility index (Phi) is 5.99. The first-order chi connectivity index (χ1) is 10.1. The topological polar surface area (TPSA) is 63.2 Å². The summed E-state index contributed by atoms with van der Waals surface area (Å²) >= 11 is 3.38. The number of nitrogens with one attached hydrogen (secondary N) is 2. The highest BCUT2D eigenvalue weighted by atomic mass is 79.9. The van der Waals surface area contributed by atoms with Gasteiger partial charge in [-0.3, -0.25) is 4.79 Å². The van der Waals surface area contributed by atoms with Crippen LogP contribution in [0, 0.1) is 0 Å². The van der Waals surface area contributed by atoms with E-state index in [1.165, 1.54) is 0 Å². The van der Waals surface area contributed by atoms with Crippen molar-refractivity contribution in [1.82, 2.24) is 10.3 Å². The fraction of sp³-hybridized carbons (Fsp3) is 0.600. The maximum atomic E-state index is 12.5. The summed E-state index contributed by atoms with van der Waals surface area (Å²) < 4.78 is 6.31. The zero-order chi connectivity index (χ0) is 15.2. The number of hydrogen-bond donors (Lipinski definition) is 2. The molecule has 2 atom stereocenters. The van der Waals surface area contributed by atoms with Gasteiger partial charge in [-0.05, 0) is 48.2 Å². The van der Waals surface area contributed by atoms with Crippen molar-refractivity contribution in [2.24, 2.45) is 0 Å². The Morgan fingerprint density at radius 3 is 3.10 bits per heavy atom. The van der Waals surface area contributed by atoms with E-state index in [0.717, 1.165) is 30.3 Å². The molecular weight excluding hydrogens is 334 g/mol. The number of halogens is 1. The molecular formula is C15H22BrN3O2. The van der Waals surface area contributed by atoms with Crippen molar-refractivity contribution in [2.45, 2.75) is 45.3 Å². The summed E-state index contributed by atoms with van der Waals surface area (Å²) in [7, 11) is 0. The van der Waals surface area contributed by atoms with Crippen LogP contribution in [0.5, 0.6) is 0 Å². The van der Waals surface area contributed by atoms with Gasteiger partial charge in [0.15, 0.2) is 0 Å². The van der Waals surface area contributed by atoms with E-state index in [0.29, 0.717) is 18.0 Å². The first kappa shape index (κ1) is 16.2. The van der Waals surface area contributed by atoms with Gasteiger partial charge in [0.25, 0.3) is 5.91 Å². The van der Waals surface area contributed by atoms with E-state index >= 15 is 0 Å². The average molecular weight is 356 g/mol. The molecule has 2 rings (SSSR count). The van der Waals surface area contributed by atoms with Crippen molar-refractivity contribution >= 4 is 27.7 Å². The smallest absolute Gasteiger partial charge is 0.255 e. The standard InChI is InChI=1S/C15H22BrN3O2/c1-3-5-17-14-13(8-11(16)9-18-14)15(20)19-12-4-6-21-10(2)7-12/h8-10,12H,3-7H2,1-2H3,(H,17,18)(H,19,20). The SMILES string of the molecule is CCCNc1ncc(Br)cc1C(=O)NC1CCOC(C)C1. The first-order valence-electron chi connectivity index (χ1n) is 7.42. The van der Waals surface area contributed by atoms with E-state index in [4.69, 9.17) is 4.74 Å². The molecule has 2 N–H and O–H groups in total. The number of pyridine rings is 1. The number of rotatable bonds is 5. The molecule has 21 heavy (non-hydrogen) atoms. The van der Waals surface area contributed by atoms with Crippen LogP contribution >= 0.6 is 15.9 Å². The lowest BCUT2D eigenvalue weighted by molar-refractivity contribution is 0.0136. The summed E-state index contributed by atoms with van der Waals surface area (Å²) in [5.74, 6) is 0.555. The van der Waals surface area contributed by atoms with Crippen LogP contribution in [0.25, 0.3) is 0 Å². The van der Waals surface area contributed by atoms with E-state index in [9.17, 15) is 4.79 Å². The molecule has 1 aromatic rings. The molecule has 0 aliphatic carbocycles. The highest BCUT2D eigenvalue weighted by Gasteiger charge is 2.23. The van der Waals surface area contributed by atoms with E-state index in [2.05, 4.69) is 38.5 Å². The van der Waals surface area contributed by atoms with Crippen LogP contribution in [0.3, 0.4) is 0 Å². The number of amides is 1. The molecule has 1 saturated heterocycles. The average Bonchev–Trinajstić information content (AvgIpc) is 2.46. The summed E-state index contributed by atoms with van der Waals surface area (Å²) in [6, 6.07) is 1.97. The Hall–Kier alpha value is -1.14. The Bertz CT molecular complexity index is 496. The molecule has 1 fully saturated rings. The van der Waals surface area contributed by atoms with Crippen LogP contribution in [-0.4, -0.2) is 36.2 Å². The van der Waals surface area contributed by atoms with Crippen molar-refractivity contribution in [2.75, 3.05) is 18.5 Å². The van der Waals surface area contributed by atoms with Crippen LogP contribution < -0.4 is 10.6 Å².